The average Bonchev–Trinajstić information content (AvgIpc) is 2.45. The van der Waals surface area contributed by atoms with Crippen LogP contribution in [0, 0.1) is 0 Å². The van der Waals surface area contributed by atoms with Crippen molar-refractivity contribution >= 4 is 15.9 Å². The molecule has 106 valence electrons. The summed E-state index contributed by atoms with van der Waals surface area (Å²) in [5.74, 6) is 0.948. The van der Waals surface area contributed by atoms with Gasteiger partial charge in [-0.05, 0) is 23.8 Å². The molecule has 2 aromatic carbocycles. The molecule has 0 radical (unpaired) electrons. The Kier molecular flexibility index (Phi) is 5.62. The van der Waals surface area contributed by atoms with Crippen LogP contribution in [0.15, 0.2) is 53.0 Å². The molecule has 2 nitrogen and oxygen atoms in total. The smallest absolute Gasteiger partial charge is 0.124 e. The molecule has 0 aliphatic heterocycles. The van der Waals surface area contributed by atoms with E-state index in [0.717, 1.165) is 16.8 Å². The normalized spacial score (nSPS) is 10.8. The summed E-state index contributed by atoms with van der Waals surface area (Å²) in [6.45, 7) is 5.71. The highest BCUT2D eigenvalue weighted by Crippen LogP contribution is 2.20. The monoisotopic (exact) mass is 333 g/mol. The van der Waals surface area contributed by atoms with E-state index in [1.807, 2.05) is 30.3 Å². The molecule has 0 unspecified atom stereocenters. The van der Waals surface area contributed by atoms with E-state index in [4.69, 9.17) is 4.74 Å². The molecule has 0 heterocycles. The van der Waals surface area contributed by atoms with E-state index in [1.165, 1.54) is 11.1 Å². The molecule has 0 fully saturated rings. The third-order valence-electron chi connectivity index (χ3n) is 2.98. The first-order valence-corrected chi connectivity index (χ1v) is 7.63. The summed E-state index contributed by atoms with van der Waals surface area (Å²) in [5.41, 5.74) is 2.36. The van der Waals surface area contributed by atoms with Crippen LogP contribution in [0.4, 0.5) is 0 Å². The molecule has 20 heavy (non-hydrogen) atoms. The summed E-state index contributed by atoms with van der Waals surface area (Å²) in [6, 6.07) is 16.9. The zero-order valence-corrected chi connectivity index (χ0v) is 13.5. The lowest BCUT2D eigenvalue weighted by Gasteiger charge is -2.13. The van der Waals surface area contributed by atoms with Crippen molar-refractivity contribution in [3.05, 3.63) is 64.1 Å². The first-order valence-electron chi connectivity index (χ1n) is 6.83. The lowest BCUT2D eigenvalue weighted by atomic mass is 10.2. The fourth-order valence-electron chi connectivity index (χ4n) is 1.85. The maximum absolute atomic E-state index is 5.94. The number of rotatable bonds is 6. The molecular weight excluding hydrogens is 314 g/mol. The van der Waals surface area contributed by atoms with Gasteiger partial charge < -0.3 is 10.1 Å². The van der Waals surface area contributed by atoms with Gasteiger partial charge in [0.2, 0.25) is 0 Å². The molecule has 0 bridgehead atoms. The maximum Gasteiger partial charge on any atom is 0.124 e. The van der Waals surface area contributed by atoms with Gasteiger partial charge in [-0.3, -0.25) is 0 Å². The van der Waals surface area contributed by atoms with Crippen molar-refractivity contribution in [2.75, 3.05) is 0 Å². The van der Waals surface area contributed by atoms with Crippen molar-refractivity contribution in [2.24, 2.45) is 0 Å². The minimum atomic E-state index is 0.467. The van der Waals surface area contributed by atoms with Crippen molar-refractivity contribution in [1.82, 2.24) is 5.32 Å². The van der Waals surface area contributed by atoms with Crippen LogP contribution < -0.4 is 10.1 Å². The van der Waals surface area contributed by atoms with Gasteiger partial charge in [0, 0.05) is 22.6 Å². The van der Waals surface area contributed by atoms with Gasteiger partial charge in [0.05, 0.1) is 0 Å². The first kappa shape index (κ1) is 15.1. The highest BCUT2D eigenvalue weighted by atomic mass is 79.9. The Hall–Kier alpha value is -1.32. The minimum Gasteiger partial charge on any atom is -0.489 e. The highest BCUT2D eigenvalue weighted by Gasteiger charge is 2.04. The lowest BCUT2D eigenvalue weighted by molar-refractivity contribution is 0.302. The molecule has 0 aliphatic rings. The number of nitrogens with one attached hydrogen (secondary N) is 1. The van der Waals surface area contributed by atoms with Crippen LogP contribution in [-0.4, -0.2) is 6.04 Å². The lowest BCUT2D eigenvalue weighted by Crippen LogP contribution is -2.22. The maximum atomic E-state index is 5.94. The number of para-hydroxylation sites is 1. The van der Waals surface area contributed by atoms with Crippen molar-refractivity contribution in [3.8, 4) is 5.75 Å². The summed E-state index contributed by atoms with van der Waals surface area (Å²) < 4.78 is 7.03. The predicted octanol–water partition coefficient (Wildman–Crippen LogP) is 4.53. The topological polar surface area (TPSA) is 21.3 Å². The van der Waals surface area contributed by atoms with Gasteiger partial charge in [0.25, 0.3) is 0 Å². The highest BCUT2D eigenvalue weighted by molar-refractivity contribution is 9.10. The van der Waals surface area contributed by atoms with Crippen LogP contribution in [-0.2, 0) is 13.2 Å². The van der Waals surface area contributed by atoms with Crippen molar-refractivity contribution in [3.63, 3.8) is 0 Å². The van der Waals surface area contributed by atoms with Crippen LogP contribution in [0.3, 0.4) is 0 Å². The van der Waals surface area contributed by atoms with E-state index >= 15 is 0 Å². The second-order valence-corrected chi connectivity index (χ2v) is 5.97. The van der Waals surface area contributed by atoms with E-state index in [9.17, 15) is 0 Å². The van der Waals surface area contributed by atoms with Crippen LogP contribution in [0.25, 0.3) is 0 Å². The quantitative estimate of drug-likeness (QED) is 0.838. The standard InChI is InChI=1S/C17H20BrNO/c1-13(2)19-11-15-5-3-4-6-17(15)20-12-14-7-9-16(18)10-8-14/h3-10,13,19H,11-12H2,1-2H3. The van der Waals surface area contributed by atoms with E-state index in [2.05, 4.69) is 53.3 Å². The fraction of sp³-hybridized carbons (Fsp3) is 0.294. The molecule has 0 aliphatic carbocycles. The largest absolute Gasteiger partial charge is 0.489 e. The number of ether oxygens (including phenoxy) is 1. The second kappa shape index (κ2) is 7.46. The number of halogens is 1. The van der Waals surface area contributed by atoms with Crippen LogP contribution in [0.2, 0.25) is 0 Å². The van der Waals surface area contributed by atoms with E-state index < -0.39 is 0 Å². The summed E-state index contributed by atoms with van der Waals surface area (Å²) in [6.07, 6.45) is 0. The molecule has 1 N–H and O–H groups in total. The number of benzene rings is 2. The zero-order chi connectivity index (χ0) is 14.4. The third-order valence-corrected chi connectivity index (χ3v) is 3.51. The molecule has 0 amide bonds. The van der Waals surface area contributed by atoms with Crippen LogP contribution in [0.5, 0.6) is 5.75 Å². The SMILES string of the molecule is CC(C)NCc1ccccc1OCc1ccc(Br)cc1. The van der Waals surface area contributed by atoms with E-state index in [1.54, 1.807) is 0 Å². The number of hydrogen-bond donors (Lipinski definition) is 1. The van der Waals surface area contributed by atoms with Crippen molar-refractivity contribution in [1.29, 1.82) is 0 Å². The zero-order valence-electron chi connectivity index (χ0n) is 11.9. The van der Waals surface area contributed by atoms with Crippen molar-refractivity contribution in [2.45, 2.75) is 33.0 Å². The van der Waals surface area contributed by atoms with Crippen molar-refractivity contribution < 1.29 is 4.74 Å². The van der Waals surface area contributed by atoms with Gasteiger partial charge in [-0.2, -0.15) is 0 Å². The second-order valence-electron chi connectivity index (χ2n) is 5.06. The molecular formula is C17H20BrNO. The first-order chi connectivity index (χ1) is 9.65. The summed E-state index contributed by atoms with van der Waals surface area (Å²) in [4.78, 5) is 0. The van der Waals surface area contributed by atoms with Gasteiger partial charge in [0.1, 0.15) is 12.4 Å². The predicted molar refractivity (Wildman–Crippen MR) is 86.9 cm³/mol. The van der Waals surface area contributed by atoms with E-state index in [0.29, 0.717) is 12.6 Å². The molecule has 0 aromatic heterocycles. The third kappa shape index (κ3) is 4.66. The van der Waals surface area contributed by atoms with Gasteiger partial charge in [-0.1, -0.05) is 60.1 Å². The van der Waals surface area contributed by atoms with Gasteiger partial charge >= 0.3 is 0 Å². The Morgan fingerprint density at radius 1 is 1.05 bits per heavy atom. The van der Waals surface area contributed by atoms with Gasteiger partial charge in [-0.25, -0.2) is 0 Å². The Balaban J connectivity index is 1.99. The Labute approximate surface area is 129 Å². The Morgan fingerprint density at radius 2 is 1.75 bits per heavy atom. The number of hydrogen-bond acceptors (Lipinski definition) is 2. The fourth-order valence-corrected chi connectivity index (χ4v) is 2.11. The van der Waals surface area contributed by atoms with Gasteiger partial charge in [0.15, 0.2) is 0 Å². The van der Waals surface area contributed by atoms with Crippen LogP contribution in [0.1, 0.15) is 25.0 Å². The summed E-state index contributed by atoms with van der Waals surface area (Å²) >= 11 is 3.44. The molecule has 3 heteroatoms. The van der Waals surface area contributed by atoms with Gasteiger partial charge in [-0.15, -0.1) is 0 Å². The average molecular weight is 334 g/mol. The van der Waals surface area contributed by atoms with E-state index in [-0.39, 0.29) is 0 Å². The summed E-state index contributed by atoms with van der Waals surface area (Å²) in [7, 11) is 0. The Bertz CT molecular complexity index is 537. The molecule has 0 saturated heterocycles. The molecule has 0 atom stereocenters. The molecule has 2 aromatic rings. The summed E-state index contributed by atoms with van der Waals surface area (Å²) in [5, 5.41) is 3.42. The van der Waals surface area contributed by atoms with Crippen LogP contribution >= 0.6 is 15.9 Å². The Morgan fingerprint density at radius 3 is 2.45 bits per heavy atom. The molecule has 2 rings (SSSR count). The molecule has 0 saturated carbocycles. The molecule has 0 spiro atoms. The minimum absolute atomic E-state index is 0.467.